The number of amides is 1. The number of carbonyl (C=O) groups is 2. The van der Waals surface area contributed by atoms with Crippen molar-refractivity contribution in [3.05, 3.63) is 23.9 Å². The predicted octanol–water partition coefficient (Wildman–Crippen LogP) is 1.35. The lowest BCUT2D eigenvalue weighted by Crippen LogP contribution is -2.42. The monoisotopic (exact) mass is 251 g/mol. The first kappa shape index (κ1) is 14.1. The Morgan fingerprint density at radius 3 is 2.72 bits per heavy atom. The van der Waals surface area contributed by atoms with Gasteiger partial charge in [0.2, 0.25) is 0 Å². The van der Waals surface area contributed by atoms with Crippen molar-refractivity contribution < 1.29 is 14.3 Å². The Morgan fingerprint density at radius 2 is 2.22 bits per heavy atom. The Bertz CT molecular complexity index is 440. The first-order chi connectivity index (χ1) is 8.35. The van der Waals surface area contributed by atoms with Crippen LogP contribution in [0.25, 0.3) is 0 Å². The maximum absolute atomic E-state index is 11.8. The SMILES string of the molecule is C=C(C)C(=O)OCCNC(=O)C1(C)C=C(C)N=N1. The highest BCUT2D eigenvalue weighted by Crippen LogP contribution is 2.23. The van der Waals surface area contributed by atoms with Gasteiger partial charge in [-0.05, 0) is 26.8 Å². The molecule has 98 valence electrons. The van der Waals surface area contributed by atoms with Crippen molar-refractivity contribution in [2.45, 2.75) is 26.3 Å². The Morgan fingerprint density at radius 1 is 1.56 bits per heavy atom. The number of ether oxygens (including phenoxy) is 1. The predicted molar refractivity (Wildman–Crippen MR) is 65.8 cm³/mol. The molecule has 1 aliphatic heterocycles. The molecule has 0 aliphatic carbocycles. The van der Waals surface area contributed by atoms with E-state index < -0.39 is 11.5 Å². The third kappa shape index (κ3) is 3.51. The second-order valence-corrected chi connectivity index (χ2v) is 4.31. The molecule has 0 aromatic carbocycles. The number of azo groups is 1. The zero-order valence-electron chi connectivity index (χ0n) is 10.8. The molecule has 18 heavy (non-hydrogen) atoms. The van der Waals surface area contributed by atoms with E-state index in [1.807, 2.05) is 0 Å². The van der Waals surface area contributed by atoms with Gasteiger partial charge in [0, 0.05) is 5.57 Å². The summed E-state index contributed by atoms with van der Waals surface area (Å²) in [4.78, 5) is 22.9. The summed E-state index contributed by atoms with van der Waals surface area (Å²) in [6, 6.07) is 0. The second-order valence-electron chi connectivity index (χ2n) is 4.31. The van der Waals surface area contributed by atoms with Crippen LogP contribution in [0.2, 0.25) is 0 Å². The first-order valence-corrected chi connectivity index (χ1v) is 5.58. The molecule has 0 bridgehead atoms. The fourth-order valence-electron chi connectivity index (χ4n) is 1.37. The minimum Gasteiger partial charge on any atom is -0.460 e. The van der Waals surface area contributed by atoms with Crippen molar-refractivity contribution in [3.8, 4) is 0 Å². The third-order valence-corrected chi connectivity index (χ3v) is 2.33. The fourth-order valence-corrected chi connectivity index (χ4v) is 1.37. The lowest BCUT2D eigenvalue weighted by atomic mass is 10.0. The van der Waals surface area contributed by atoms with Crippen molar-refractivity contribution in [2.75, 3.05) is 13.2 Å². The van der Waals surface area contributed by atoms with Crippen molar-refractivity contribution in [1.29, 1.82) is 0 Å². The largest absolute Gasteiger partial charge is 0.460 e. The minimum absolute atomic E-state index is 0.105. The lowest BCUT2D eigenvalue weighted by Gasteiger charge is -2.15. The summed E-state index contributed by atoms with van der Waals surface area (Å²) < 4.78 is 4.85. The minimum atomic E-state index is -0.956. The summed E-state index contributed by atoms with van der Waals surface area (Å²) in [6.07, 6.45) is 1.68. The van der Waals surface area contributed by atoms with Crippen LogP contribution in [0.3, 0.4) is 0 Å². The van der Waals surface area contributed by atoms with E-state index >= 15 is 0 Å². The summed E-state index contributed by atoms with van der Waals surface area (Å²) in [6.45, 7) is 8.80. The summed E-state index contributed by atoms with van der Waals surface area (Å²) in [7, 11) is 0. The number of nitrogens with one attached hydrogen (secondary N) is 1. The van der Waals surface area contributed by atoms with Crippen LogP contribution in [0.5, 0.6) is 0 Å². The molecule has 1 amide bonds. The summed E-state index contributed by atoms with van der Waals surface area (Å²) in [5.41, 5.74) is 0.0837. The van der Waals surface area contributed by atoms with Gasteiger partial charge in [-0.15, -0.1) is 0 Å². The number of rotatable bonds is 5. The highest BCUT2D eigenvalue weighted by molar-refractivity contribution is 5.89. The third-order valence-electron chi connectivity index (χ3n) is 2.33. The zero-order valence-corrected chi connectivity index (χ0v) is 10.8. The molecular weight excluding hydrogens is 234 g/mol. The van der Waals surface area contributed by atoms with E-state index in [1.54, 1.807) is 26.8 Å². The Balaban J connectivity index is 2.33. The Labute approximate surface area is 106 Å². The topological polar surface area (TPSA) is 80.1 Å². The van der Waals surface area contributed by atoms with Crippen LogP contribution >= 0.6 is 0 Å². The van der Waals surface area contributed by atoms with Crippen LogP contribution in [0.1, 0.15) is 20.8 Å². The molecule has 0 radical (unpaired) electrons. The molecule has 1 atom stereocenters. The van der Waals surface area contributed by atoms with E-state index in [1.165, 1.54) is 0 Å². The molecular formula is C12H17N3O3. The van der Waals surface area contributed by atoms with Crippen LogP contribution in [-0.2, 0) is 14.3 Å². The number of hydrogen-bond acceptors (Lipinski definition) is 5. The van der Waals surface area contributed by atoms with E-state index in [0.717, 1.165) is 0 Å². The van der Waals surface area contributed by atoms with Gasteiger partial charge in [0.15, 0.2) is 5.54 Å². The van der Waals surface area contributed by atoms with Gasteiger partial charge in [-0.1, -0.05) is 6.58 Å². The number of carbonyl (C=O) groups excluding carboxylic acids is 2. The lowest BCUT2D eigenvalue weighted by molar-refractivity contribution is -0.139. The van der Waals surface area contributed by atoms with Gasteiger partial charge in [-0.3, -0.25) is 4.79 Å². The van der Waals surface area contributed by atoms with Gasteiger partial charge < -0.3 is 10.1 Å². The van der Waals surface area contributed by atoms with Gasteiger partial charge in [0.05, 0.1) is 12.2 Å². The molecule has 0 aromatic rings. The average Bonchev–Trinajstić information content (AvgIpc) is 2.65. The molecule has 1 heterocycles. The van der Waals surface area contributed by atoms with Crippen molar-refractivity contribution in [3.63, 3.8) is 0 Å². The zero-order chi connectivity index (χ0) is 13.8. The van der Waals surface area contributed by atoms with Crippen LogP contribution in [0.4, 0.5) is 0 Å². The fraction of sp³-hybridized carbons (Fsp3) is 0.500. The molecule has 0 saturated carbocycles. The Hall–Kier alpha value is -1.98. The van der Waals surface area contributed by atoms with Crippen LogP contribution in [0.15, 0.2) is 34.2 Å². The molecule has 1 unspecified atom stereocenters. The molecule has 1 aliphatic rings. The Kier molecular flexibility index (Phi) is 4.36. The number of nitrogens with zero attached hydrogens (tertiary/aromatic N) is 2. The number of allylic oxidation sites excluding steroid dienone is 1. The maximum atomic E-state index is 11.8. The molecule has 0 saturated heterocycles. The standard InChI is InChI=1S/C12H17N3O3/c1-8(2)10(16)18-6-5-13-11(17)12(4)7-9(3)14-15-12/h7H,1,5-6H2,2-4H3,(H,13,17). The van der Waals surface area contributed by atoms with Crippen LogP contribution in [-0.4, -0.2) is 30.6 Å². The van der Waals surface area contributed by atoms with Crippen LogP contribution < -0.4 is 5.32 Å². The van der Waals surface area contributed by atoms with Gasteiger partial charge in [-0.2, -0.15) is 10.2 Å². The van der Waals surface area contributed by atoms with Crippen molar-refractivity contribution in [2.24, 2.45) is 10.2 Å². The second kappa shape index (κ2) is 5.57. The maximum Gasteiger partial charge on any atom is 0.333 e. The van der Waals surface area contributed by atoms with Crippen molar-refractivity contribution >= 4 is 11.9 Å². The van der Waals surface area contributed by atoms with Gasteiger partial charge in [0.25, 0.3) is 5.91 Å². The summed E-state index contributed by atoms with van der Waals surface area (Å²) in [5.74, 6) is -0.735. The summed E-state index contributed by atoms with van der Waals surface area (Å²) in [5, 5.41) is 10.3. The van der Waals surface area contributed by atoms with Crippen LogP contribution in [0, 0.1) is 0 Å². The summed E-state index contributed by atoms with van der Waals surface area (Å²) >= 11 is 0. The number of esters is 1. The molecule has 1 N–H and O–H groups in total. The number of hydrogen-bond donors (Lipinski definition) is 1. The van der Waals surface area contributed by atoms with Crippen molar-refractivity contribution in [1.82, 2.24) is 5.32 Å². The average molecular weight is 251 g/mol. The molecule has 0 spiro atoms. The normalized spacial score (nSPS) is 21.4. The first-order valence-electron chi connectivity index (χ1n) is 5.58. The molecule has 1 rings (SSSR count). The van der Waals surface area contributed by atoms with Gasteiger partial charge in [-0.25, -0.2) is 4.79 Å². The molecule has 6 nitrogen and oxygen atoms in total. The van der Waals surface area contributed by atoms with E-state index in [-0.39, 0.29) is 19.1 Å². The van der Waals surface area contributed by atoms with Gasteiger partial charge in [0.1, 0.15) is 6.61 Å². The van der Waals surface area contributed by atoms with E-state index in [9.17, 15) is 9.59 Å². The highest BCUT2D eigenvalue weighted by atomic mass is 16.5. The molecule has 0 fully saturated rings. The smallest absolute Gasteiger partial charge is 0.333 e. The molecule has 6 heteroatoms. The highest BCUT2D eigenvalue weighted by Gasteiger charge is 2.33. The van der Waals surface area contributed by atoms with E-state index in [2.05, 4.69) is 22.1 Å². The quantitative estimate of drug-likeness (QED) is 0.455. The molecule has 0 aromatic heterocycles. The van der Waals surface area contributed by atoms with Gasteiger partial charge >= 0.3 is 5.97 Å². The van der Waals surface area contributed by atoms with E-state index in [4.69, 9.17) is 4.74 Å². The van der Waals surface area contributed by atoms with E-state index in [0.29, 0.717) is 11.3 Å².